The number of hydrogen-bond donors (Lipinski definition) is 2. The zero-order valence-corrected chi connectivity index (χ0v) is 21.8. The molecule has 2 aliphatic carbocycles. The summed E-state index contributed by atoms with van der Waals surface area (Å²) in [6.45, 7) is 17.2. The van der Waals surface area contributed by atoms with Gasteiger partial charge in [-0.15, -0.1) is 0 Å². The average molecular weight is 461 g/mol. The van der Waals surface area contributed by atoms with Crippen molar-refractivity contribution in [1.29, 1.82) is 0 Å². The number of carbonyl (C=O) groups is 2. The lowest BCUT2D eigenvalue weighted by molar-refractivity contribution is -0.171. The average Bonchev–Trinajstić information content (AvgIpc) is 3.16. The van der Waals surface area contributed by atoms with Gasteiger partial charge in [0.15, 0.2) is 0 Å². The molecule has 2 N–H and O–H groups in total. The van der Waals surface area contributed by atoms with E-state index in [1.54, 1.807) is 0 Å². The minimum Gasteiger partial charge on any atom is -0.462 e. The first-order chi connectivity index (χ1) is 15.0. The number of esters is 2. The molecular weight excluding hydrogens is 416 g/mol. The van der Waals surface area contributed by atoms with Crippen molar-refractivity contribution in [3.8, 4) is 0 Å². The van der Waals surface area contributed by atoms with Crippen molar-refractivity contribution in [3.63, 3.8) is 0 Å². The Morgan fingerprint density at radius 3 is 1.24 bits per heavy atom. The summed E-state index contributed by atoms with van der Waals surface area (Å²) in [4.78, 5) is 26.9. The van der Waals surface area contributed by atoms with Crippen molar-refractivity contribution in [2.45, 2.75) is 122 Å². The van der Waals surface area contributed by atoms with Crippen LogP contribution in [0.25, 0.3) is 0 Å². The van der Waals surface area contributed by atoms with Crippen LogP contribution in [-0.4, -0.2) is 46.3 Å². The molecule has 2 aliphatic heterocycles. The van der Waals surface area contributed by atoms with Gasteiger partial charge in [-0.25, -0.2) is 0 Å². The summed E-state index contributed by atoms with van der Waals surface area (Å²) in [5.74, 6) is -1.17. The van der Waals surface area contributed by atoms with Crippen LogP contribution >= 0.6 is 0 Å². The highest BCUT2D eigenvalue weighted by Gasteiger charge is 2.54. The summed E-state index contributed by atoms with van der Waals surface area (Å²) in [5.41, 5.74) is -0.412. The Balaban J connectivity index is 1.45. The van der Waals surface area contributed by atoms with E-state index in [0.717, 1.165) is 32.1 Å². The van der Waals surface area contributed by atoms with E-state index in [-0.39, 0.29) is 58.1 Å². The van der Waals surface area contributed by atoms with E-state index in [1.807, 2.05) is 0 Å². The molecule has 2 bridgehead atoms. The highest BCUT2D eigenvalue weighted by Crippen LogP contribution is 2.50. The fraction of sp³-hybridized carbons (Fsp3) is 0.852. The Morgan fingerprint density at radius 2 is 0.939 bits per heavy atom. The molecule has 0 aromatic heterocycles. The fourth-order valence-electron chi connectivity index (χ4n) is 7.57. The highest BCUT2D eigenvalue weighted by atomic mass is 16.6. The lowest BCUT2D eigenvalue weighted by Gasteiger charge is -2.46. The minimum absolute atomic E-state index is 0.0729. The molecule has 4 aliphatic rings. The van der Waals surface area contributed by atoms with Gasteiger partial charge in [-0.05, 0) is 73.6 Å². The van der Waals surface area contributed by atoms with Crippen LogP contribution in [-0.2, 0) is 19.1 Å². The predicted molar refractivity (Wildman–Crippen MR) is 129 cm³/mol. The van der Waals surface area contributed by atoms with Crippen LogP contribution < -0.4 is 10.6 Å². The summed E-state index contributed by atoms with van der Waals surface area (Å²) >= 11 is 0. The molecule has 4 unspecified atom stereocenters. The first-order valence-electron chi connectivity index (χ1n) is 12.7. The summed E-state index contributed by atoms with van der Waals surface area (Å²) in [6.07, 6.45) is 7.84. The van der Waals surface area contributed by atoms with E-state index in [9.17, 15) is 9.59 Å². The van der Waals surface area contributed by atoms with E-state index >= 15 is 0 Å². The first kappa shape index (κ1) is 24.7. The van der Waals surface area contributed by atoms with Gasteiger partial charge in [0.05, 0.1) is 11.8 Å². The fourth-order valence-corrected chi connectivity index (χ4v) is 7.57. The molecule has 0 spiro atoms. The maximum atomic E-state index is 13.4. The zero-order chi connectivity index (χ0) is 24.4. The van der Waals surface area contributed by atoms with Crippen LogP contribution in [0, 0.1) is 23.7 Å². The van der Waals surface area contributed by atoms with E-state index in [4.69, 9.17) is 9.47 Å². The second-order valence-electron chi connectivity index (χ2n) is 13.7. The van der Waals surface area contributed by atoms with Gasteiger partial charge in [0.2, 0.25) is 0 Å². The van der Waals surface area contributed by atoms with Crippen LogP contribution in [0.15, 0.2) is 12.2 Å². The van der Waals surface area contributed by atoms with Crippen LogP contribution in [0.5, 0.6) is 0 Å². The van der Waals surface area contributed by atoms with Crippen molar-refractivity contribution < 1.29 is 19.1 Å². The number of allylic oxidation sites excluding steroid dienone is 2. The van der Waals surface area contributed by atoms with Gasteiger partial charge in [-0.1, -0.05) is 12.2 Å². The molecule has 3 fully saturated rings. The topological polar surface area (TPSA) is 76.7 Å². The molecule has 4 rings (SSSR count). The largest absolute Gasteiger partial charge is 0.462 e. The SMILES string of the molecule is CC1(C)CC(OC(=O)C2C3C=CC(C3)C2C(=O)OC2CC(C)(C)NC(C)(C)C2)CC(C)(C)N1. The second-order valence-corrected chi connectivity index (χ2v) is 13.7. The van der Waals surface area contributed by atoms with Crippen molar-refractivity contribution in [2.75, 3.05) is 0 Å². The summed E-state index contributed by atoms with van der Waals surface area (Å²) in [7, 11) is 0. The van der Waals surface area contributed by atoms with Gasteiger partial charge in [0.25, 0.3) is 0 Å². The normalized spacial score (nSPS) is 36.5. The van der Waals surface area contributed by atoms with Crippen LogP contribution in [0.1, 0.15) is 87.5 Å². The Hall–Kier alpha value is -1.40. The highest BCUT2D eigenvalue weighted by molar-refractivity contribution is 5.84. The third-order valence-electron chi connectivity index (χ3n) is 7.87. The van der Waals surface area contributed by atoms with E-state index in [2.05, 4.69) is 78.2 Å². The molecule has 4 atom stereocenters. The van der Waals surface area contributed by atoms with Crippen LogP contribution in [0.4, 0.5) is 0 Å². The van der Waals surface area contributed by atoms with Gasteiger partial charge in [-0.2, -0.15) is 0 Å². The van der Waals surface area contributed by atoms with Gasteiger partial charge in [0.1, 0.15) is 12.2 Å². The van der Waals surface area contributed by atoms with Crippen molar-refractivity contribution >= 4 is 11.9 Å². The summed E-state index contributed by atoms with van der Waals surface area (Å²) < 4.78 is 12.2. The lowest BCUT2D eigenvalue weighted by atomic mass is 9.79. The minimum atomic E-state index is -0.434. The number of piperidine rings is 2. The molecule has 0 radical (unpaired) electrons. The second kappa shape index (κ2) is 8.08. The number of carbonyl (C=O) groups excluding carboxylic acids is 2. The van der Waals surface area contributed by atoms with E-state index < -0.39 is 11.8 Å². The molecule has 0 amide bonds. The number of nitrogens with one attached hydrogen (secondary N) is 2. The van der Waals surface area contributed by atoms with Gasteiger partial charge in [-0.3, -0.25) is 9.59 Å². The number of fused-ring (bicyclic) bond motifs is 2. The maximum Gasteiger partial charge on any atom is 0.310 e. The molecule has 6 heteroatoms. The predicted octanol–water partition coefficient (Wildman–Crippen LogP) is 4.13. The molecular formula is C27H44N2O4. The first-order valence-corrected chi connectivity index (χ1v) is 12.7. The molecule has 1 saturated carbocycles. The van der Waals surface area contributed by atoms with Crippen LogP contribution in [0.3, 0.4) is 0 Å². The third-order valence-corrected chi connectivity index (χ3v) is 7.87. The van der Waals surface area contributed by atoms with Crippen LogP contribution in [0.2, 0.25) is 0 Å². The standard InChI is InChI=1S/C27H44N2O4/c1-24(2)12-18(13-25(3,4)28-24)32-22(30)20-16-9-10-17(11-16)21(20)23(31)33-19-14-26(5,6)29-27(7,8)15-19/h9-10,16-21,28-29H,11-15H2,1-8H3. The molecule has 2 heterocycles. The van der Waals surface area contributed by atoms with Crippen molar-refractivity contribution in [3.05, 3.63) is 12.2 Å². The zero-order valence-electron chi connectivity index (χ0n) is 21.8. The third kappa shape index (κ3) is 5.48. The van der Waals surface area contributed by atoms with Crippen molar-refractivity contribution in [1.82, 2.24) is 10.6 Å². The molecule has 2 saturated heterocycles. The van der Waals surface area contributed by atoms with Gasteiger partial charge in [0, 0.05) is 47.8 Å². The molecule has 0 aromatic carbocycles. The smallest absolute Gasteiger partial charge is 0.310 e. The summed E-state index contributed by atoms with van der Waals surface area (Å²) in [6, 6.07) is 0. The lowest BCUT2D eigenvalue weighted by Crippen LogP contribution is -2.60. The van der Waals surface area contributed by atoms with Gasteiger partial charge >= 0.3 is 11.9 Å². The molecule has 186 valence electrons. The molecule has 0 aromatic rings. The van der Waals surface area contributed by atoms with E-state index in [1.165, 1.54) is 0 Å². The van der Waals surface area contributed by atoms with Crippen molar-refractivity contribution in [2.24, 2.45) is 23.7 Å². The molecule has 6 nitrogen and oxygen atoms in total. The van der Waals surface area contributed by atoms with Gasteiger partial charge < -0.3 is 20.1 Å². The maximum absolute atomic E-state index is 13.4. The Kier molecular flexibility index (Phi) is 6.05. The quantitative estimate of drug-likeness (QED) is 0.485. The number of ether oxygens (including phenoxy) is 2. The molecule has 33 heavy (non-hydrogen) atoms. The Morgan fingerprint density at radius 1 is 0.636 bits per heavy atom. The Bertz CT molecular complexity index is 730. The van der Waals surface area contributed by atoms with E-state index in [0.29, 0.717) is 0 Å². The summed E-state index contributed by atoms with van der Waals surface area (Å²) in [5, 5.41) is 7.27. The monoisotopic (exact) mass is 460 g/mol. The Labute approximate surface area is 199 Å². The number of rotatable bonds is 4. The number of hydrogen-bond acceptors (Lipinski definition) is 6.